The molecule has 84 valence electrons. The lowest BCUT2D eigenvalue weighted by molar-refractivity contribution is 0.466. The molecule has 0 saturated carbocycles. The molecule has 0 aliphatic carbocycles. The molecule has 2 nitrogen and oxygen atoms in total. The smallest absolute Gasteiger partial charge is 0.0223 e. The summed E-state index contributed by atoms with van der Waals surface area (Å²) in [6.07, 6.45) is 1.10. The topological polar surface area (TPSA) is 38.0 Å². The van der Waals surface area contributed by atoms with Crippen molar-refractivity contribution < 1.29 is 0 Å². The van der Waals surface area contributed by atoms with E-state index >= 15 is 0 Å². The fourth-order valence-electron chi connectivity index (χ4n) is 1.42. The Morgan fingerprint density at radius 1 is 1.13 bits per heavy atom. The molecule has 2 heteroatoms. The van der Waals surface area contributed by atoms with Gasteiger partial charge in [0.1, 0.15) is 0 Å². The summed E-state index contributed by atoms with van der Waals surface area (Å²) in [6, 6.07) is 8.72. The quantitative estimate of drug-likeness (QED) is 0.774. The van der Waals surface area contributed by atoms with E-state index in [1.165, 1.54) is 11.1 Å². The third kappa shape index (κ3) is 4.96. The van der Waals surface area contributed by atoms with E-state index in [0.717, 1.165) is 19.5 Å². The van der Waals surface area contributed by atoms with E-state index in [-0.39, 0.29) is 5.54 Å². The lowest BCUT2D eigenvalue weighted by atomic mass is 10.1. The first-order valence-electron chi connectivity index (χ1n) is 5.58. The fourth-order valence-corrected chi connectivity index (χ4v) is 1.42. The summed E-state index contributed by atoms with van der Waals surface area (Å²) in [4.78, 5) is 0. The third-order valence-electron chi connectivity index (χ3n) is 2.34. The van der Waals surface area contributed by atoms with E-state index in [0.29, 0.717) is 0 Å². The van der Waals surface area contributed by atoms with Gasteiger partial charge in [0.2, 0.25) is 0 Å². The van der Waals surface area contributed by atoms with Crippen molar-refractivity contribution in [2.24, 2.45) is 5.73 Å². The molecule has 0 heterocycles. The number of nitrogens with two attached hydrogens (primary N) is 1. The van der Waals surface area contributed by atoms with Crippen LogP contribution in [0, 0.1) is 0 Å². The Hall–Kier alpha value is -0.860. The zero-order valence-corrected chi connectivity index (χ0v) is 10.0. The minimum Gasteiger partial charge on any atom is -0.324 e. The molecule has 1 aromatic rings. The molecule has 0 fully saturated rings. The van der Waals surface area contributed by atoms with Gasteiger partial charge in [-0.1, -0.05) is 31.2 Å². The molecule has 0 aliphatic heterocycles. The normalized spacial score (nSPS) is 11.7. The third-order valence-corrected chi connectivity index (χ3v) is 2.34. The van der Waals surface area contributed by atoms with Gasteiger partial charge in [0.05, 0.1) is 0 Å². The molecule has 0 aliphatic rings. The molecule has 15 heavy (non-hydrogen) atoms. The van der Waals surface area contributed by atoms with Crippen LogP contribution in [0.25, 0.3) is 0 Å². The van der Waals surface area contributed by atoms with Crippen molar-refractivity contribution in [3.8, 4) is 0 Å². The van der Waals surface area contributed by atoms with E-state index in [9.17, 15) is 0 Å². The van der Waals surface area contributed by atoms with Gasteiger partial charge in [0.25, 0.3) is 0 Å². The number of aryl methyl sites for hydroxylation is 1. The summed E-state index contributed by atoms with van der Waals surface area (Å²) in [5.74, 6) is 0. The van der Waals surface area contributed by atoms with Crippen LogP contribution in [0.4, 0.5) is 0 Å². The second kappa shape index (κ2) is 5.29. The summed E-state index contributed by atoms with van der Waals surface area (Å²) in [7, 11) is 0. The number of benzene rings is 1. The van der Waals surface area contributed by atoms with Crippen LogP contribution in [-0.2, 0) is 13.0 Å². The number of rotatable bonds is 5. The summed E-state index contributed by atoms with van der Waals surface area (Å²) < 4.78 is 0. The maximum atomic E-state index is 5.88. The molecular weight excluding hydrogens is 184 g/mol. The SMILES string of the molecule is CCc1ccc(CNCC(C)(C)N)cc1. The molecular formula is C13H22N2. The van der Waals surface area contributed by atoms with Gasteiger partial charge in [-0.3, -0.25) is 0 Å². The average molecular weight is 206 g/mol. The Kier molecular flexibility index (Phi) is 4.30. The Balaban J connectivity index is 2.38. The first kappa shape index (κ1) is 12.2. The van der Waals surface area contributed by atoms with Gasteiger partial charge in [0, 0.05) is 18.6 Å². The van der Waals surface area contributed by atoms with E-state index in [1.54, 1.807) is 0 Å². The second-order valence-electron chi connectivity index (χ2n) is 4.76. The maximum Gasteiger partial charge on any atom is 0.0223 e. The highest BCUT2D eigenvalue weighted by Gasteiger charge is 2.08. The predicted octanol–water partition coefficient (Wildman–Crippen LogP) is 2.08. The molecule has 0 aromatic heterocycles. The van der Waals surface area contributed by atoms with Gasteiger partial charge < -0.3 is 11.1 Å². The first-order valence-corrected chi connectivity index (χ1v) is 5.58. The van der Waals surface area contributed by atoms with Gasteiger partial charge in [-0.2, -0.15) is 0 Å². The van der Waals surface area contributed by atoms with Crippen LogP contribution in [0.3, 0.4) is 0 Å². The Bertz CT molecular complexity index is 282. The van der Waals surface area contributed by atoms with Crippen LogP contribution in [0.2, 0.25) is 0 Å². The first-order chi connectivity index (χ1) is 7.01. The fraction of sp³-hybridized carbons (Fsp3) is 0.538. The zero-order chi connectivity index (χ0) is 11.3. The van der Waals surface area contributed by atoms with Crippen LogP contribution < -0.4 is 11.1 Å². The predicted molar refractivity (Wildman–Crippen MR) is 65.8 cm³/mol. The standard InChI is InChI=1S/C13H22N2/c1-4-11-5-7-12(8-6-11)9-15-10-13(2,3)14/h5-8,15H,4,9-10,14H2,1-3H3. The summed E-state index contributed by atoms with van der Waals surface area (Å²) in [5.41, 5.74) is 8.45. The summed E-state index contributed by atoms with van der Waals surface area (Å²) in [6.45, 7) is 7.96. The Morgan fingerprint density at radius 3 is 2.13 bits per heavy atom. The molecule has 0 spiro atoms. The molecule has 1 rings (SSSR count). The van der Waals surface area contributed by atoms with Crippen LogP contribution in [0.1, 0.15) is 31.9 Å². The van der Waals surface area contributed by atoms with Crippen molar-refractivity contribution in [1.29, 1.82) is 0 Å². The largest absolute Gasteiger partial charge is 0.324 e. The van der Waals surface area contributed by atoms with Crippen LogP contribution in [0.15, 0.2) is 24.3 Å². The minimum absolute atomic E-state index is 0.136. The van der Waals surface area contributed by atoms with E-state index in [4.69, 9.17) is 5.73 Å². The number of nitrogens with one attached hydrogen (secondary N) is 1. The van der Waals surface area contributed by atoms with Crippen molar-refractivity contribution in [1.82, 2.24) is 5.32 Å². The van der Waals surface area contributed by atoms with Gasteiger partial charge in [-0.15, -0.1) is 0 Å². The monoisotopic (exact) mass is 206 g/mol. The molecule has 0 amide bonds. The van der Waals surface area contributed by atoms with Crippen molar-refractivity contribution >= 4 is 0 Å². The summed E-state index contributed by atoms with van der Waals surface area (Å²) in [5, 5.41) is 3.35. The molecule has 0 saturated heterocycles. The van der Waals surface area contributed by atoms with Gasteiger partial charge >= 0.3 is 0 Å². The molecule has 1 aromatic carbocycles. The zero-order valence-electron chi connectivity index (χ0n) is 10.0. The molecule has 0 unspecified atom stereocenters. The second-order valence-corrected chi connectivity index (χ2v) is 4.76. The molecule has 0 radical (unpaired) electrons. The average Bonchev–Trinajstić information content (AvgIpc) is 2.17. The summed E-state index contributed by atoms with van der Waals surface area (Å²) >= 11 is 0. The highest BCUT2D eigenvalue weighted by atomic mass is 14.9. The molecule has 0 bridgehead atoms. The lowest BCUT2D eigenvalue weighted by Gasteiger charge is -2.19. The van der Waals surface area contributed by atoms with Crippen molar-refractivity contribution in [3.63, 3.8) is 0 Å². The van der Waals surface area contributed by atoms with Crippen molar-refractivity contribution in [3.05, 3.63) is 35.4 Å². The highest BCUT2D eigenvalue weighted by Crippen LogP contribution is 2.05. The maximum absolute atomic E-state index is 5.88. The number of hydrogen-bond acceptors (Lipinski definition) is 2. The lowest BCUT2D eigenvalue weighted by Crippen LogP contribution is -2.42. The molecule has 3 N–H and O–H groups in total. The Morgan fingerprint density at radius 2 is 1.67 bits per heavy atom. The number of hydrogen-bond donors (Lipinski definition) is 2. The van der Waals surface area contributed by atoms with Crippen LogP contribution in [-0.4, -0.2) is 12.1 Å². The molecule has 0 atom stereocenters. The van der Waals surface area contributed by atoms with E-state index < -0.39 is 0 Å². The van der Waals surface area contributed by atoms with E-state index in [1.807, 2.05) is 13.8 Å². The van der Waals surface area contributed by atoms with Gasteiger partial charge in [-0.25, -0.2) is 0 Å². The Labute approximate surface area is 92.9 Å². The van der Waals surface area contributed by atoms with Crippen molar-refractivity contribution in [2.45, 2.75) is 39.3 Å². The minimum atomic E-state index is -0.136. The highest BCUT2D eigenvalue weighted by molar-refractivity contribution is 5.22. The van der Waals surface area contributed by atoms with Crippen molar-refractivity contribution in [2.75, 3.05) is 6.54 Å². The van der Waals surface area contributed by atoms with Gasteiger partial charge in [-0.05, 0) is 31.4 Å². The van der Waals surface area contributed by atoms with Crippen LogP contribution >= 0.6 is 0 Å². The van der Waals surface area contributed by atoms with Crippen LogP contribution in [0.5, 0.6) is 0 Å². The van der Waals surface area contributed by atoms with Gasteiger partial charge in [0.15, 0.2) is 0 Å². The van der Waals surface area contributed by atoms with E-state index in [2.05, 4.69) is 36.5 Å².